The number of aromatic amines is 1. The predicted molar refractivity (Wildman–Crippen MR) is 94.8 cm³/mol. The molecule has 23 heavy (non-hydrogen) atoms. The third-order valence-corrected chi connectivity index (χ3v) is 3.79. The lowest BCUT2D eigenvalue weighted by molar-refractivity contribution is 0.0947. The molecule has 0 unspecified atom stereocenters. The van der Waals surface area contributed by atoms with Gasteiger partial charge in [-0.1, -0.05) is 0 Å². The molecule has 0 saturated carbocycles. The highest BCUT2D eigenvalue weighted by atomic mass is 35.5. The lowest BCUT2D eigenvalue weighted by Gasteiger charge is -2.27. The molecule has 7 nitrogen and oxygen atoms in total. The fourth-order valence-corrected chi connectivity index (χ4v) is 2.51. The Kier molecular flexibility index (Phi) is 7.70. The van der Waals surface area contributed by atoms with Crippen LogP contribution in [0, 0.1) is 6.92 Å². The number of pyridine rings is 1. The summed E-state index contributed by atoms with van der Waals surface area (Å²) in [4.78, 5) is 18.7. The molecule has 9 heteroatoms. The van der Waals surface area contributed by atoms with Crippen LogP contribution in [0.4, 0.5) is 0 Å². The van der Waals surface area contributed by atoms with Gasteiger partial charge in [0, 0.05) is 56.5 Å². The van der Waals surface area contributed by atoms with E-state index in [4.69, 9.17) is 0 Å². The molecule has 1 saturated heterocycles. The zero-order valence-electron chi connectivity index (χ0n) is 13.0. The van der Waals surface area contributed by atoms with E-state index in [2.05, 4.69) is 30.7 Å². The number of halogens is 2. The van der Waals surface area contributed by atoms with E-state index in [9.17, 15) is 4.79 Å². The number of aromatic nitrogens is 3. The lowest BCUT2D eigenvalue weighted by Crippen LogP contribution is -2.46. The van der Waals surface area contributed by atoms with Crippen LogP contribution in [0.2, 0.25) is 0 Å². The van der Waals surface area contributed by atoms with E-state index < -0.39 is 0 Å². The van der Waals surface area contributed by atoms with Crippen LogP contribution in [-0.2, 0) is 0 Å². The highest BCUT2D eigenvalue weighted by Crippen LogP contribution is 2.14. The number of nitrogens with one attached hydrogen (secondary N) is 3. The third kappa shape index (κ3) is 4.78. The van der Waals surface area contributed by atoms with Crippen molar-refractivity contribution in [3.63, 3.8) is 0 Å². The van der Waals surface area contributed by atoms with Crippen molar-refractivity contribution in [3.8, 4) is 0 Å². The van der Waals surface area contributed by atoms with Crippen LogP contribution in [0.15, 0.2) is 12.3 Å². The fraction of sp³-hybridized carbons (Fsp3) is 0.500. The first-order valence-electron chi connectivity index (χ1n) is 7.26. The van der Waals surface area contributed by atoms with Crippen LogP contribution in [-0.4, -0.2) is 65.3 Å². The number of H-pyrrole nitrogens is 1. The Hall–Kier alpha value is -1.41. The number of carbonyl (C=O) groups excluding carboxylic acids is 1. The minimum absolute atomic E-state index is 0. The van der Waals surface area contributed by atoms with Gasteiger partial charge in [-0.3, -0.25) is 14.8 Å². The Labute approximate surface area is 147 Å². The Morgan fingerprint density at radius 2 is 2.09 bits per heavy atom. The normalized spacial score (nSPS) is 14.8. The molecule has 1 aliphatic rings. The van der Waals surface area contributed by atoms with Gasteiger partial charge in [-0.2, -0.15) is 5.10 Å². The monoisotopic (exact) mass is 360 g/mol. The van der Waals surface area contributed by atoms with E-state index in [0.29, 0.717) is 17.8 Å². The van der Waals surface area contributed by atoms with Crippen molar-refractivity contribution in [3.05, 3.63) is 23.5 Å². The van der Waals surface area contributed by atoms with E-state index in [1.165, 1.54) is 0 Å². The molecule has 0 spiro atoms. The number of carbonyl (C=O) groups is 1. The molecule has 0 bridgehead atoms. The Morgan fingerprint density at radius 3 is 2.83 bits per heavy atom. The zero-order chi connectivity index (χ0) is 14.7. The summed E-state index contributed by atoms with van der Waals surface area (Å²) in [6, 6.07) is 1.83. The van der Waals surface area contributed by atoms with Crippen molar-refractivity contribution < 1.29 is 4.79 Å². The summed E-state index contributed by atoms with van der Waals surface area (Å²) in [6.07, 6.45) is 1.57. The molecule has 128 valence electrons. The Bertz CT molecular complexity index is 641. The van der Waals surface area contributed by atoms with E-state index in [1.54, 1.807) is 6.20 Å². The van der Waals surface area contributed by atoms with Crippen LogP contribution in [0.5, 0.6) is 0 Å². The van der Waals surface area contributed by atoms with Crippen molar-refractivity contribution in [2.24, 2.45) is 0 Å². The number of nitrogens with zero attached hydrogens (tertiary/aromatic N) is 3. The van der Waals surface area contributed by atoms with Crippen LogP contribution in [0.1, 0.15) is 16.1 Å². The topological polar surface area (TPSA) is 85.9 Å². The van der Waals surface area contributed by atoms with E-state index in [-0.39, 0.29) is 30.7 Å². The minimum Gasteiger partial charge on any atom is -0.351 e. The summed E-state index contributed by atoms with van der Waals surface area (Å²) in [5.41, 5.74) is 2.14. The molecule has 2 aromatic heterocycles. The largest absolute Gasteiger partial charge is 0.351 e. The van der Waals surface area contributed by atoms with Gasteiger partial charge >= 0.3 is 0 Å². The van der Waals surface area contributed by atoms with Crippen LogP contribution in [0.25, 0.3) is 11.0 Å². The SMILES string of the molecule is Cc1[nH]nc2ncc(C(=O)NCCN3CCNCC3)cc12.Cl.Cl. The predicted octanol–water partition coefficient (Wildman–Crippen LogP) is 0.745. The molecule has 0 atom stereocenters. The second-order valence-corrected chi connectivity index (χ2v) is 5.29. The third-order valence-electron chi connectivity index (χ3n) is 3.79. The molecule has 0 aromatic carbocycles. The summed E-state index contributed by atoms with van der Waals surface area (Å²) in [7, 11) is 0. The van der Waals surface area contributed by atoms with Crippen molar-refractivity contribution in [2.45, 2.75) is 6.92 Å². The minimum atomic E-state index is -0.0832. The quantitative estimate of drug-likeness (QED) is 0.748. The molecular formula is C14H22Cl2N6O. The molecule has 3 rings (SSSR count). The van der Waals surface area contributed by atoms with E-state index in [1.807, 2.05) is 13.0 Å². The number of hydrogen-bond donors (Lipinski definition) is 3. The van der Waals surface area contributed by atoms with Crippen molar-refractivity contribution in [1.29, 1.82) is 0 Å². The van der Waals surface area contributed by atoms with Crippen molar-refractivity contribution >= 4 is 41.8 Å². The number of amides is 1. The number of hydrogen-bond acceptors (Lipinski definition) is 5. The first-order chi connectivity index (χ1) is 10.2. The Morgan fingerprint density at radius 1 is 1.35 bits per heavy atom. The van der Waals surface area contributed by atoms with Gasteiger partial charge in [0.15, 0.2) is 5.65 Å². The maximum Gasteiger partial charge on any atom is 0.252 e. The smallest absolute Gasteiger partial charge is 0.252 e. The van der Waals surface area contributed by atoms with Gasteiger partial charge in [0.1, 0.15) is 0 Å². The summed E-state index contributed by atoms with van der Waals surface area (Å²) >= 11 is 0. The number of rotatable bonds is 4. The van der Waals surface area contributed by atoms with Gasteiger partial charge in [0.2, 0.25) is 0 Å². The number of aryl methyl sites for hydroxylation is 1. The van der Waals surface area contributed by atoms with Crippen LogP contribution >= 0.6 is 24.8 Å². The highest BCUT2D eigenvalue weighted by Gasteiger charge is 2.12. The number of fused-ring (bicyclic) bond motifs is 1. The lowest BCUT2D eigenvalue weighted by atomic mass is 10.2. The zero-order valence-corrected chi connectivity index (χ0v) is 14.6. The van der Waals surface area contributed by atoms with Gasteiger partial charge in [0.05, 0.1) is 5.56 Å². The molecule has 1 amide bonds. The van der Waals surface area contributed by atoms with E-state index in [0.717, 1.165) is 43.8 Å². The first-order valence-corrected chi connectivity index (χ1v) is 7.26. The summed E-state index contributed by atoms with van der Waals surface area (Å²) in [5, 5.41) is 14.1. The molecule has 0 aliphatic carbocycles. The van der Waals surface area contributed by atoms with Crippen LogP contribution < -0.4 is 10.6 Å². The van der Waals surface area contributed by atoms with Gasteiger partial charge in [-0.25, -0.2) is 4.98 Å². The summed E-state index contributed by atoms with van der Waals surface area (Å²) in [5.74, 6) is -0.0832. The second-order valence-electron chi connectivity index (χ2n) is 5.29. The average Bonchev–Trinajstić information content (AvgIpc) is 2.89. The van der Waals surface area contributed by atoms with Crippen molar-refractivity contribution in [2.75, 3.05) is 39.3 Å². The maximum absolute atomic E-state index is 12.2. The standard InChI is InChI=1S/C14H20N6O.2ClH/c1-10-12-8-11(9-17-13(12)19-18-10)14(21)16-4-7-20-5-2-15-3-6-20;;/h8-9,15H,2-7H2,1H3,(H,16,21)(H,17,18,19);2*1H. The van der Waals surface area contributed by atoms with Gasteiger partial charge in [0.25, 0.3) is 5.91 Å². The fourth-order valence-electron chi connectivity index (χ4n) is 2.51. The van der Waals surface area contributed by atoms with Gasteiger partial charge < -0.3 is 10.6 Å². The Balaban J connectivity index is 0.00000132. The van der Waals surface area contributed by atoms with Gasteiger partial charge in [-0.05, 0) is 13.0 Å². The van der Waals surface area contributed by atoms with Crippen molar-refractivity contribution in [1.82, 2.24) is 30.7 Å². The van der Waals surface area contributed by atoms with Crippen LogP contribution in [0.3, 0.4) is 0 Å². The molecule has 0 radical (unpaired) electrons. The summed E-state index contributed by atoms with van der Waals surface area (Å²) in [6.45, 7) is 7.58. The second kappa shape index (κ2) is 9.02. The molecule has 2 aromatic rings. The molecule has 3 N–H and O–H groups in total. The molecule has 1 aliphatic heterocycles. The summed E-state index contributed by atoms with van der Waals surface area (Å²) < 4.78 is 0. The molecular weight excluding hydrogens is 339 g/mol. The first kappa shape index (κ1) is 19.6. The molecule has 3 heterocycles. The van der Waals surface area contributed by atoms with Gasteiger partial charge in [-0.15, -0.1) is 24.8 Å². The van der Waals surface area contributed by atoms with E-state index >= 15 is 0 Å². The maximum atomic E-state index is 12.2. The number of piperazine rings is 1. The average molecular weight is 361 g/mol. The highest BCUT2D eigenvalue weighted by molar-refractivity contribution is 5.97. The molecule has 1 fully saturated rings.